The second-order valence-electron chi connectivity index (χ2n) is 5.61. The minimum absolute atomic E-state index is 0.00277. The highest BCUT2D eigenvalue weighted by Crippen LogP contribution is 2.35. The van der Waals surface area contributed by atoms with Crippen LogP contribution in [-0.2, 0) is 14.8 Å². The lowest BCUT2D eigenvalue weighted by Crippen LogP contribution is -2.42. The summed E-state index contributed by atoms with van der Waals surface area (Å²) in [7, 11) is -3.72. The van der Waals surface area contributed by atoms with E-state index in [9.17, 15) is 8.42 Å². The van der Waals surface area contributed by atoms with Crippen molar-refractivity contribution in [2.45, 2.75) is 42.7 Å². The maximum atomic E-state index is 13.0. The van der Waals surface area contributed by atoms with Crippen LogP contribution in [0.15, 0.2) is 23.1 Å². The van der Waals surface area contributed by atoms with E-state index in [2.05, 4.69) is 0 Å². The molecule has 2 aliphatic rings. The van der Waals surface area contributed by atoms with E-state index >= 15 is 0 Å². The van der Waals surface area contributed by atoms with Crippen LogP contribution < -0.4 is 0 Å². The predicted molar refractivity (Wildman–Crippen MR) is 82.1 cm³/mol. The van der Waals surface area contributed by atoms with Crippen LogP contribution in [0.4, 0.5) is 0 Å². The summed E-state index contributed by atoms with van der Waals surface area (Å²) < 4.78 is 33.1. The molecule has 2 heterocycles. The van der Waals surface area contributed by atoms with E-state index < -0.39 is 10.0 Å². The molecule has 2 unspecified atom stereocenters. The molecule has 0 bridgehead atoms. The Kier molecular flexibility index (Phi) is 4.42. The van der Waals surface area contributed by atoms with Crippen molar-refractivity contribution in [2.24, 2.45) is 0 Å². The average molecular weight is 341 g/mol. The van der Waals surface area contributed by atoms with Gasteiger partial charge in [0.2, 0.25) is 10.0 Å². The van der Waals surface area contributed by atoms with Crippen LogP contribution >= 0.6 is 11.6 Å². The standard InChI is InChI=1S/C15H17ClN2O3S/c16-15-11(10-17)4-1-7-14(15)22(19,20)18-8-2-5-12(18)13-6-3-9-21-13/h1,4,7,12-13H,2-3,5-6,8-9H2. The van der Waals surface area contributed by atoms with Crippen LogP contribution in [0.3, 0.4) is 0 Å². The van der Waals surface area contributed by atoms with Crippen molar-refractivity contribution < 1.29 is 13.2 Å². The Bertz CT molecular complexity index is 708. The van der Waals surface area contributed by atoms with Crippen molar-refractivity contribution >= 4 is 21.6 Å². The number of sulfonamides is 1. The summed E-state index contributed by atoms with van der Waals surface area (Å²) in [5.74, 6) is 0. The fraction of sp³-hybridized carbons (Fsp3) is 0.533. The van der Waals surface area contributed by atoms with Crippen LogP contribution in [0.1, 0.15) is 31.2 Å². The fourth-order valence-electron chi connectivity index (χ4n) is 3.26. The number of hydrogen-bond donors (Lipinski definition) is 0. The fourth-order valence-corrected chi connectivity index (χ4v) is 5.53. The molecule has 7 heteroatoms. The quantitative estimate of drug-likeness (QED) is 0.847. The highest BCUT2D eigenvalue weighted by Gasteiger charge is 2.41. The number of nitrogens with zero attached hydrogens (tertiary/aromatic N) is 2. The van der Waals surface area contributed by atoms with Gasteiger partial charge < -0.3 is 4.74 Å². The van der Waals surface area contributed by atoms with E-state index in [0.29, 0.717) is 13.2 Å². The first-order chi connectivity index (χ1) is 10.6. The first-order valence-electron chi connectivity index (χ1n) is 7.38. The van der Waals surface area contributed by atoms with Crippen LogP contribution in [0, 0.1) is 11.3 Å². The Balaban J connectivity index is 1.97. The zero-order valence-corrected chi connectivity index (χ0v) is 13.6. The van der Waals surface area contributed by atoms with E-state index in [-0.39, 0.29) is 27.6 Å². The molecule has 5 nitrogen and oxygen atoms in total. The summed E-state index contributed by atoms with van der Waals surface area (Å²) >= 11 is 6.12. The van der Waals surface area contributed by atoms with Crippen LogP contribution in [0.2, 0.25) is 5.02 Å². The monoisotopic (exact) mass is 340 g/mol. The number of ether oxygens (including phenoxy) is 1. The molecule has 22 heavy (non-hydrogen) atoms. The number of halogens is 1. The molecule has 0 aliphatic carbocycles. The lowest BCUT2D eigenvalue weighted by molar-refractivity contribution is 0.0645. The molecule has 0 spiro atoms. The number of benzene rings is 1. The Morgan fingerprint density at radius 2 is 2.14 bits per heavy atom. The van der Waals surface area contributed by atoms with Gasteiger partial charge in [0.05, 0.1) is 22.7 Å². The normalized spacial score (nSPS) is 26.2. The summed E-state index contributed by atoms with van der Waals surface area (Å²) in [5.41, 5.74) is 0.176. The van der Waals surface area contributed by atoms with Crippen molar-refractivity contribution in [2.75, 3.05) is 13.2 Å². The van der Waals surface area contributed by atoms with Crippen LogP contribution in [0.25, 0.3) is 0 Å². The molecule has 1 aromatic carbocycles. The van der Waals surface area contributed by atoms with E-state index in [1.165, 1.54) is 16.4 Å². The summed E-state index contributed by atoms with van der Waals surface area (Å²) in [6.07, 6.45) is 3.46. The zero-order valence-electron chi connectivity index (χ0n) is 12.0. The summed E-state index contributed by atoms with van der Waals surface area (Å²) in [4.78, 5) is 0.0121. The molecular weight excluding hydrogens is 324 g/mol. The predicted octanol–water partition coefficient (Wildman–Crippen LogP) is 2.54. The van der Waals surface area contributed by atoms with Gasteiger partial charge in [-0.05, 0) is 37.8 Å². The molecule has 2 saturated heterocycles. The minimum atomic E-state index is -3.72. The Morgan fingerprint density at radius 3 is 2.82 bits per heavy atom. The lowest BCUT2D eigenvalue weighted by Gasteiger charge is -2.28. The SMILES string of the molecule is N#Cc1cccc(S(=O)(=O)N2CCCC2C2CCCO2)c1Cl. The third-order valence-electron chi connectivity index (χ3n) is 4.31. The maximum Gasteiger partial charge on any atom is 0.244 e. The van der Waals surface area contributed by atoms with Gasteiger partial charge in [0.25, 0.3) is 0 Å². The largest absolute Gasteiger partial charge is 0.377 e. The van der Waals surface area contributed by atoms with Gasteiger partial charge in [-0.15, -0.1) is 0 Å². The molecule has 2 atom stereocenters. The van der Waals surface area contributed by atoms with E-state index in [1.54, 1.807) is 6.07 Å². The lowest BCUT2D eigenvalue weighted by atomic mass is 10.1. The smallest absolute Gasteiger partial charge is 0.244 e. The second kappa shape index (κ2) is 6.17. The van der Waals surface area contributed by atoms with Crippen LogP contribution in [0.5, 0.6) is 0 Å². The Labute approximate surface area is 135 Å². The van der Waals surface area contributed by atoms with Crippen molar-refractivity contribution in [3.05, 3.63) is 28.8 Å². The zero-order chi connectivity index (χ0) is 15.7. The highest BCUT2D eigenvalue weighted by molar-refractivity contribution is 7.89. The van der Waals surface area contributed by atoms with Crippen molar-refractivity contribution in [3.8, 4) is 6.07 Å². The topological polar surface area (TPSA) is 70.4 Å². The maximum absolute atomic E-state index is 13.0. The van der Waals surface area contributed by atoms with Gasteiger partial charge in [-0.3, -0.25) is 0 Å². The van der Waals surface area contributed by atoms with Gasteiger partial charge in [0, 0.05) is 13.2 Å². The number of nitriles is 1. The highest BCUT2D eigenvalue weighted by atomic mass is 35.5. The molecule has 0 aromatic heterocycles. The summed E-state index contributed by atoms with van der Waals surface area (Å²) in [5, 5.41) is 9.04. The van der Waals surface area contributed by atoms with Crippen molar-refractivity contribution in [1.82, 2.24) is 4.31 Å². The Morgan fingerprint density at radius 1 is 1.32 bits per heavy atom. The van der Waals surface area contributed by atoms with Crippen molar-refractivity contribution in [3.63, 3.8) is 0 Å². The minimum Gasteiger partial charge on any atom is -0.377 e. The van der Waals surface area contributed by atoms with Crippen molar-refractivity contribution in [1.29, 1.82) is 5.26 Å². The van der Waals surface area contributed by atoms with Gasteiger partial charge in [-0.25, -0.2) is 8.42 Å². The Hall–Kier alpha value is -1.13. The molecule has 3 rings (SSSR count). The molecule has 118 valence electrons. The first-order valence-corrected chi connectivity index (χ1v) is 9.19. The molecule has 0 amide bonds. The number of hydrogen-bond acceptors (Lipinski definition) is 4. The van der Waals surface area contributed by atoms with Gasteiger partial charge in [-0.2, -0.15) is 9.57 Å². The first kappa shape index (κ1) is 15.8. The average Bonchev–Trinajstić information content (AvgIpc) is 3.18. The van der Waals surface area contributed by atoms with Gasteiger partial charge in [0.1, 0.15) is 11.0 Å². The van der Waals surface area contributed by atoms with Crippen LogP contribution in [-0.4, -0.2) is 38.0 Å². The van der Waals surface area contributed by atoms with E-state index in [4.69, 9.17) is 21.6 Å². The summed E-state index contributed by atoms with van der Waals surface area (Å²) in [6.45, 7) is 1.17. The molecular formula is C15H17ClN2O3S. The van der Waals surface area contributed by atoms with E-state index in [0.717, 1.165) is 25.7 Å². The van der Waals surface area contributed by atoms with Gasteiger partial charge in [-0.1, -0.05) is 17.7 Å². The van der Waals surface area contributed by atoms with Gasteiger partial charge in [0.15, 0.2) is 0 Å². The third kappa shape index (κ3) is 2.63. The molecule has 2 aliphatic heterocycles. The second-order valence-corrected chi connectivity index (χ2v) is 7.84. The van der Waals surface area contributed by atoms with Gasteiger partial charge >= 0.3 is 0 Å². The number of rotatable bonds is 3. The molecule has 0 saturated carbocycles. The van der Waals surface area contributed by atoms with E-state index in [1.807, 2.05) is 6.07 Å². The molecule has 0 radical (unpaired) electrons. The third-order valence-corrected chi connectivity index (χ3v) is 6.80. The molecule has 1 aromatic rings. The molecule has 2 fully saturated rings. The molecule has 0 N–H and O–H groups in total. The summed E-state index contributed by atoms with van der Waals surface area (Å²) in [6, 6.07) is 6.32.